The Morgan fingerprint density at radius 1 is 1.06 bits per heavy atom. The molecule has 1 saturated heterocycles. The lowest BCUT2D eigenvalue weighted by Crippen LogP contribution is -2.42. The molecule has 0 unspecified atom stereocenters. The zero-order chi connectivity index (χ0) is 37.2. The SMILES string of the molecule is CCOC(=O)c1ncn2c(NCc3c(F)ccc4c3CCO4)ncc(-c3ccc(C4CCOCC4)nc3CN(CC(F)(F)F)C(=O)OC(C)(C)C)c12. The van der Waals surface area contributed by atoms with E-state index in [1.165, 1.54) is 23.0 Å². The van der Waals surface area contributed by atoms with E-state index >= 15 is 0 Å². The lowest BCUT2D eigenvalue weighted by molar-refractivity contribution is -0.145. The Hall–Kier alpha value is -4.99. The smallest absolute Gasteiger partial charge is 0.410 e. The van der Waals surface area contributed by atoms with E-state index in [1.54, 1.807) is 45.9 Å². The summed E-state index contributed by atoms with van der Waals surface area (Å²) in [5.74, 6) is -0.379. The number of ether oxygens (including phenoxy) is 4. The maximum atomic E-state index is 15.0. The quantitative estimate of drug-likeness (QED) is 0.137. The monoisotopic (exact) mass is 728 g/mol. The minimum absolute atomic E-state index is 0.0286. The van der Waals surface area contributed by atoms with E-state index in [2.05, 4.69) is 15.3 Å². The Labute approximate surface area is 297 Å². The zero-order valence-corrected chi connectivity index (χ0v) is 29.3. The minimum Gasteiger partial charge on any atom is -0.493 e. The summed E-state index contributed by atoms with van der Waals surface area (Å²) in [4.78, 5) is 40.8. The Morgan fingerprint density at radius 3 is 2.54 bits per heavy atom. The van der Waals surface area contributed by atoms with Gasteiger partial charge in [-0.3, -0.25) is 14.3 Å². The third-order valence-electron chi connectivity index (χ3n) is 8.69. The van der Waals surface area contributed by atoms with Gasteiger partial charge in [0.1, 0.15) is 30.0 Å². The van der Waals surface area contributed by atoms with E-state index in [0.717, 1.165) is 5.56 Å². The lowest BCUT2D eigenvalue weighted by atomic mass is 9.94. The van der Waals surface area contributed by atoms with E-state index in [-0.39, 0.29) is 41.9 Å². The molecule has 1 aromatic carbocycles. The van der Waals surface area contributed by atoms with Crippen molar-refractivity contribution >= 4 is 23.5 Å². The van der Waals surface area contributed by atoms with Crippen molar-refractivity contribution in [2.75, 3.05) is 38.3 Å². The normalized spacial score (nSPS) is 14.9. The second kappa shape index (κ2) is 14.9. The number of hydrogen-bond acceptors (Lipinski definition) is 10. The molecule has 3 aromatic heterocycles. The highest BCUT2D eigenvalue weighted by atomic mass is 19.4. The minimum atomic E-state index is -4.75. The second-order valence-corrected chi connectivity index (χ2v) is 13.6. The van der Waals surface area contributed by atoms with Gasteiger partial charge in [-0.2, -0.15) is 13.2 Å². The average Bonchev–Trinajstić information content (AvgIpc) is 3.75. The number of aromatic nitrogens is 4. The number of alkyl halides is 3. The van der Waals surface area contributed by atoms with Crippen LogP contribution >= 0.6 is 0 Å². The largest absolute Gasteiger partial charge is 0.493 e. The number of nitrogens with one attached hydrogen (secondary N) is 1. The molecule has 4 aromatic rings. The fourth-order valence-corrected chi connectivity index (χ4v) is 6.38. The van der Waals surface area contributed by atoms with Crippen molar-refractivity contribution in [3.05, 3.63) is 70.8 Å². The van der Waals surface area contributed by atoms with Crippen LogP contribution in [0.1, 0.15) is 79.5 Å². The summed E-state index contributed by atoms with van der Waals surface area (Å²) < 4.78 is 80.0. The molecule has 278 valence electrons. The van der Waals surface area contributed by atoms with Gasteiger partial charge in [0.15, 0.2) is 5.69 Å². The standard InChI is InChI=1S/C36H40F4N6O6/c1-5-50-32(47)30-31-25(17-42-33(46(31)20-43-30)41-16-24-23-12-15-51-29(23)9-7-26(24)37)22-6-8-27(21-10-13-49-14-11-21)44-28(22)18-45(19-36(38,39)40)34(48)52-35(2,3)4/h6-9,17,20-21H,5,10-16,18-19H2,1-4H3,(H,41,42). The molecule has 2 aliphatic heterocycles. The molecule has 0 aliphatic carbocycles. The van der Waals surface area contributed by atoms with Crippen LogP contribution in [0.3, 0.4) is 0 Å². The van der Waals surface area contributed by atoms with Gasteiger partial charge in [0.25, 0.3) is 0 Å². The first-order valence-corrected chi connectivity index (χ1v) is 17.0. The zero-order valence-electron chi connectivity index (χ0n) is 29.3. The summed E-state index contributed by atoms with van der Waals surface area (Å²) in [6.45, 7) is 5.69. The van der Waals surface area contributed by atoms with Gasteiger partial charge in [0.2, 0.25) is 5.95 Å². The van der Waals surface area contributed by atoms with Crippen molar-refractivity contribution in [3.8, 4) is 16.9 Å². The third kappa shape index (κ3) is 8.22. The van der Waals surface area contributed by atoms with Crippen LogP contribution in [0.15, 0.2) is 36.8 Å². The molecule has 5 heterocycles. The van der Waals surface area contributed by atoms with Gasteiger partial charge in [0.05, 0.1) is 31.0 Å². The number of esters is 1. The number of imidazole rings is 1. The Bertz CT molecular complexity index is 1950. The molecule has 2 aliphatic rings. The van der Waals surface area contributed by atoms with Crippen LogP contribution < -0.4 is 10.1 Å². The number of nitrogens with zero attached hydrogens (tertiary/aromatic N) is 5. The topological polar surface area (TPSA) is 129 Å². The van der Waals surface area contributed by atoms with Crippen molar-refractivity contribution in [1.29, 1.82) is 0 Å². The van der Waals surface area contributed by atoms with Crippen LogP contribution in [0.4, 0.5) is 28.3 Å². The number of amides is 1. The molecule has 1 N–H and O–H groups in total. The van der Waals surface area contributed by atoms with E-state index < -0.39 is 42.7 Å². The first kappa shape index (κ1) is 36.8. The number of hydrogen-bond donors (Lipinski definition) is 1. The van der Waals surface area contributed by atoms with Gasteiger partial charge < -0.3 is 24.3 Å². The van der Waals surface area contributed by atoms with Crippen LogP contribution in [0.2, 0.25) is 0 Å². The summed E-state index contributed by atoms with van der Waals surface area (Å²) >= 11 is 0. The van der Waals surface area contributed by atoms with Gasteiger partial charge >= 0.3 is 18.2 Å². The molecular weight excluding hydrogens is 688 g/mol. The molecule has 16 heteroatoms. The Morgan fingerprint density at radius 2 is 1.83 bits per heavy atom. The maximum Gasteiger partial charge on any atom is 0.410 e. The molecule has 0 saturated carbocycles. The summed E-state index contributed by atoms with van der Waals surface area (Å²) in [5.41, 5.74) is 1.58. The summed E-state index contributed by atoms with van der Waals surface area (Å²) in [6.07, 6.45) is -1.27. The molecule has 0 bridgehead atoms. The molecule has 0 spiro atoms. The highest BCUT2D eigenvalue weighted by molar-refractivity contribution is 6.00. The van der Waals surface area contributed by atoms with Crippen LogP contribution in [-0.4, -0.2) is 81.1 Å². The fraction of sp³-hybridized carbons (Fsp3) is 0.472. The summed E-state index contributed by atoms with van der Waals surface area (Å²) in [7, 11) is 0. The van der Waals surface area contributed by atoms with E-state index in [0.29, 0.717) is 72.1 Å². The Balaban J connectivity index is 1.47. The van der Waals surface area contributed by atoms with Crippen molar-refractivity contribution in [2.24, 2.45) is 0 Å². The molecule has 6 rings (SSSR count). The van der Waals surface area contributed by atoms with Gasteiger partial charge in [-0.25, -0.2) is 23.9 Å². The summed E-state index contributed by atoms with van der Waals surface area (Å²) in [6, 6.07) is 6.40. The first-order chi connectivity index (χ1) is 24.7. The van der Waals surface area contributed by atoms with Gasteiger partial charge in [-0.15, -0.1) is 0 Å². The third-order valence-corrected chi connectivity index (χ3v) is 8.69. The average molecular weight is 729 g/mol. The molecule has 52 heavy (non-hydrogen) atoms. The van der Waals surface area contributed by atoms with E-state index in [1.807, 2.05) is 0 Å². The predicted molar refractivity (Wildman–Crippen MR) is 181 cm³/mol. The van der Waals surface area contributed by atoms with Crippen LogP contribution in [-0.2, 0) is 33.7 Å². The predicted octanol–water partition coefficient (Wildman–Crippen LogP) is 6.85. The van der Waals surface area contributed by atoms with Crippen LogP contribution in [0, 0.1) is 5.82 Å². The van der Waals surface area contributed by atoms with E-state index in [9.17, 15) is 27.2 Å². The highest BCUT2D eigenvalue weighted by Gasteiger charge is 2.36. The second-order valence-electron chi connectivity index (χ2n) is 13.6. The molecule has 1 amide bonds. The number of halogens is 4. The van der Waals surface area contributed by atoms with Crippen molar-refractivity contribution in [2.45, 2.75) is 77.7 Å². The van der Waals surface area contributed by atoms with Crippen molar-refractivity contribution in [1.82, 2.24) is 24.3 Å². The number of benzene rings is 1. The molecule has 0 atom stereocenters. The number of fused-ring (bicyclic) bond motifs is 2. The maximum absolute atomic E-state index is 15.0. The highest BCUT2D eigenvalue weighted by Crippen LogP contribution is 2.36. The van der Waals surface area contributed by atoms with Crippen molar-refractivity contribution in [3.63, 3.8) is 0 Å². The molecule has 0 radical (unpaired) electrons. The number of pyridine rings is 1. The fourth-order valence-electron chi connectivity index (χ4n) is 6.38. The van der Waals surface area contributed by atoms with Crippen LogP contribution in [0.5, 0.6) is 5.75 Å². The van der Waals surface area contributed by atoms with Crippen molar-refractivity contribution < 1.29 is 46.1 Å². The van der Waals surface area contributed by atoms with Crippen LogP contribution in [0.25, 0.3) is 16.6 Å². The summed E-state index contributed by atoms with van der Waals surface area (Å²) in [5, 5.41) is 3.14. The van der Waals surface area contributed by atoms with Gasteiger partial charge in [-0.05, 0) is 58.7 Å². The van der Waals surface area contributed by atoms with E-state index in [4.69, 9.17) is 23.9 Å². The first-order valence-electron chi connectivity index (χ1n) is 17.0. The molecule has 1 fully saturated rings. The number of rotatable bonds is 10. The van der Waals surface area contributed by atoms with Gasteiger partial charge in [0, 0.05) is 66.2 Å². The van der Waals surface area contributed by atoms with Gasteiger partial charge in [-0.1, -0.05) is 6.07 Å². The number of carbonyl (C=O) groups excluding carboxylic acids is 2. The number of anilines is 1. The Kier molecular flexibility index (Phi) is 10.6. The number of carbonyl (C=O) groups is 2. The molecular formula is C36H40F4N6O6. The molecule has 12 nitrogen and oxygen atoms in total. The lowest BCUT2D eigenvalue weighted by Gasteiger charge is -2.29.